The van der Waals surface area contributed by atoms with Crippen LogP contribution in [0.4, 0.5) is 0 Å². The van der Waals surface area contributed by atoms with Crippen LogP contribution in [0.1, 0.15) is 6.42 Å². The van der Waals surface area contributed by atoms with Gasteiger partial charge in [-0.2, -0.15) is 0 Å². The van der Waals surface area contributed by atoms with E-state index >= 15 is 0 Å². The minimum Gasteiger partial charge on any atom is -0.326 e. The molecule has 64 valence electrons. The maximum absolute atomic E-state index is 11.5. The van der Waals surface area contributed by atoms with E-state index in [9.17, 15) is 8.42 Å². The third-order valence-corrected chi connectivity index (χ3v) is 5.44. The van der Waals surface area contributed by atoms with Crippen LogP contribution in [0.3, 0.4) is 0 Å². The predicted molar refractivity (Wildman–Crippen MR) is 42.0 cm³/mol. The van der Waals surface area contributed by atoms with Gasteiger partial charge in [-0.3, -0.25) is 0 Å². The van der Waals surface area contributed by atoms with Crippen LogP contribution in [0, 0.1) is 0 Å². The van der Waals surface area contributed by atoms with Crippen molar-refractivity contribution in [1.82, 2.24) is 5.32 Å². The molecule has 2 aliphatic rings. The van der Waals surface area contributed by atoms with Gasteiger partial charge in [0, 0.05) is 19.1 Å². The number of sulfone groups is 1. The zero-order chi connectivity index (χ0) is 8.11. The van der Waals surface area contributed by atoms with E-state index in [4.69, 9.17) is 5.73 Å². The van der Waals surface area contributed by atoms with E-state index in [1.807, 2.05) is 0 Å². The fourth-order valence-corrected chi connectivity index (χ4v) is 4.03. The second-order valence-electron chi connectivity index (χ2n) is 3.38. The zero-order valence-electron chi connectivity index (χ0n) is 6.21. The largest absolute Gasteiger partial charge is 0.326 e. The maximum Gasteiger partial charge on any atom is 0.160 e. The van der Waals surface area contributed by atoms with Crippen molar-refractivity contribution in [3.8, 4) is 0 Å². The van der Waals surface area contributed by atoms with Crippen molar-refractivity contribution in [2.75, 3.05) is 18.8 Å². The Hall–Kier alpha value is -0.130. The summed E-state index contributed by atoms with van der Waals surface area (Å²) in [5.41, 5.74) is 5.73. The molecule has 4 nitrogen and oxygen atoms in total. The minimum atomic E-state index is -2.89. The van der Waals surface area contributed by atoms with Crippen molar-refractivity contribution < 1.29 is 8.42 Å². The van der Waals surface area contributed by atoms with E-state index in [1.165, 1.54) is 0 Å². The molecule has 0 amide bonds. The van der Waals surface area contributed by atoms with Crippen molar-refractivity contribution in [1.29, 1.82) is 0 Å². The SMILES string of the molecule is NC1CCS(=O)(=O)C12CNC2. The first-order valence-electron chi connectivity index (χ1n) is 3.77. The maximum atomic E-state index is 11.5. The Morgan fingerprint density at radius 3 is 2.27 bits per heavy atom. The number of nitrogens with two attached hydrogens (primary N) is 1. The summed E-state index contributed by atoms with van der Waals surface area (Å²) >= 11 is 0. The monoisotopic (exact) mass is 176 g/mol. The molecule has 2 aliphatic heterocycles. The van der Waals surface area contributed by atoms with Crippen LogP contribution in [-0.2, 0) is 9.84 Å². The summed E-state index contributed by atoms with van der Waals surface area (Å²) in [6.45, 7) is 1.10. The summed E-state index contributed by atoms with van der Waals surface area (Å²) in [4.78, 5) is 0. The number of hydrogen-bond acceptors (Lipinski definition) is 4. The van der Waals surface area contributed by atoms with Gasteiger partial charge in [-0.1, -0.05) is 0 Å². The molecule has 2 saturated heterocycles. The molecule has 11 heavy (non-hydrogen) atoms. The zero-order valence-corrected chi connectivity index (χ0v) is 7.02. The normalized spacial score (nSPS) is 38.8. The van der Waals surface area contributed by atoms with E-state index in [-0.39, 0.29) is 11.8 Å². The fourth-order valence-electron chi connectivity index (χ4n) is 1.83. The van der Waals surface area contributed by atoms with Crippen LogP contribution >= 0.6 is 0 Å². The van der Waals surface area contributed by atoms with Gasteiger partial charge in [0.25, 0.3) is 0 Å². The van der Waals surface area contributed by atoms with Gasteiger partial charge in [-0.05, 0) is 6.42 Å². The molecule has 0 aromatic carbocycles. The van der Waals surface area contributed by atoms with Crippen molar-refractivity contribution >= 4 is 9.84 Å². The second-order valence-corrected chi connectivity index (χ2v) is 5.83. The molecule has 5 heteroatoms. The van der Waals surface area contributed by atoms with Gasteiger partial charge in [-0.15, -0.1) is 0 Å². The minimum absolute atomic E-state index is 0.145. The molecular weight excluding hydrogens is 164 g/mol. The van der Waals surface area contributed by atoms with Gasteiger partial charge < -0.3 is 11.1 Å². The summed E-state index contributed by atoms with van der Waals surface area (Å²) in [6.07, 6.45) is 0.629. The Morgan fingerprint density at radius 1 is 1.45 bits per heavy atom. The lowest BCUT2D eigenvalue weighted by Gasteiger charge is -2.40. The van der Waals surface area contributed by atoms with Gasteiger partial charge in [0.05, 0.1) is 5.75 Å². The average molecular weight is 176 g/mol. The van der Waals surface area contributed by atoms with Crippen molar-refractivity contribution in [3.05, 3.63) is 0 Å². The first-order chi connectivity index (χ1) is 5.08. The summed E-state index contributed by atoms with van der Waals surface area (Å²) in [5, 5.41) is 2.97. The van der Waals surface area contributed by atoms with Gasteiger partial charge in [-0.25, -0.2) is 8.42 Å². The standard InChI is InChI=1S/C6H12N2O2S/c7-5-1-2-11(9,10)6(5)3-8-4-6/h5,8H,1-4,7H2. The highest BCUT2D eigenvalue weighted by molar-refractivity contribution is 7.93. The summed E-state index contributed by atoms with van der Waals surface area (Å²) in [7, 11) is -2.89. The molecule has 2 fully saturated rings. The summed E-state index contributed by atoms with van der Waals surface area (Å²) in [6, 6.07) is -0.145. The Bertz CT molecular complexity index is 268. The molecule has 0 radical (unpaired) electrons. The topological polar surface area (TPSA) is 72.2 Å². The summed E-state index contributed by atoms with van der Waals surface area (Å²) < 4.78 is 22.3. The molecule has 2 rings (SSSR count). The van der Waals surface area contributed by atoms with Crippen LogP contribution in [0.25, 0.3) is 0 Å². The lowest BCUT2D eigenvalue weighted by atomic mass is 9.92. The van der Waals surface area contributed by atoms with Gasteiger partial charge in [0.15, 0.2) is 9.84 Å². The molecule has 0 aromatic heterocycles. The molecule has 1 unspecified atom stereocenters. The quantitative estimate of drug-likeness (QED) is 0.470. The highest BCUT2D eigenvalue weighted by Crippen LogP contribution is 2.34. The third kappa shape index (κ3) is 0.733. The molecule has 0 aromatic rings. The number of nitrogens with one attached hydrogen (secondary N) is 1. The van der Waals surface area contributed by atoms with E-state index in [0.717, 1.165) is 0 Å². The average Bonchev–Trinajstić information content (AvgIpc) is 2.01. The smallest absolute Gasteiger partial charge is 0.160 e. The molecular formula is C6H12N2O2S. The highest BCUT2D eigenvalue weighted by Gasteiger charge is 2.57. The van der Waals surface area contributed by atoms with E-state index in [1.54, 1.807) is 0 Å². The van der Waals surface area contributed by atoms with Gasteiger partial charge >= 0.3 is 0 Å². The first kappa shape index (κ1) is 7.52. The molecule has 0 aliphatic carbocycles. The van der Waals surface area contributed by atoms with Crippen LogP contribution < -0.4 is 11.1 Å². The second kappa shape index (κ2) is 1.97. The van der Waals surface area contributed by atoms with Gasteiger partial charge in [0.2, 0.25) is 0 Å². The van der Waals surface area contributed by atoms with E-state index in [0.29, 0.717) is 19.5 Å². The predicted octanol–water partition coefficient (Wildman–Crippen LogP) is -1.53. The van der Waals surface area contributed by atoms with Crippen LogP contribution in [0.5, 0.6) is 0 Å². The Labute approximate surface area is 66.1 Å². The fraction of sp³-hybridized carbons (Fsp3) is 1.00. The molecule has 3 N–H and O–H groups in total. The highest BCUT2D eigenvalue weighted by atomic mass is 32.2. The van der Waals surface area contributed by atoms with Crippen molar-refractivity contribution in [2.24, 2.45) is 5.73 Å². The molecule has 0 saturated carbocycles. The number of rotatable bonds is 0. The molecule has 0 bridgehead atoms. The Balaban J connectivity index is 2.41. The van der Waals surface area contributed by atoms with Crippen molar-refractivity contribution in [2.45, 2.75) is 17.2 Å². The van der Waals surface area contributed by atoms with Gasteiger partial charge in [0.1, 0.15) is 4.75 Å². The molecule has 1 spiro atoms. The molecule has 1 atom stereocenters. The first-order valence-corrected chi connectivity index (χ1v) is 5.42. The third-order valence-electron chi connectivity index (χ3n) is 2.84. The van der Waals surface area contributed by atoms with Crippen LogP contribution in [0.2, 0.25) is 0 Å². The number of hydrogen-bond donors (Lipinski definition) is 2. The van der Waals surface area contributed by atoms with E-state index in [2.05, 4.69) is 5.32 Å². The lowest BCUT2D eigenvalue weighted by Crippen LogP contribution is -2.69. The van der Waals surface area contributed by atoms with Crippen molar-refractivity contribution in [3.63, 3.8) is 0 Å². The van der Waals surface area contributed by atoms with E-state index < -0.39 is 14.6 Å². The lowest BCUT2D eigenvalue weighted by molar-refractivity contribution is 0.328. The molecule has 2 heterocycles. The Kier molecular flexibility index (Phi) is 1.34. The summed E-state index contributed by atoms with van der Waals surface area (Å²) in [5.74, 6) is 0.274. The van der Waals surface area contributed by atoms with Crippen LogP contribution in [-0.4, -0.2) is 38.0 Å². The Morgan fingerprint density at radius 2 is 2.09 bits per heavy atom. The van der Waals surface area contributed by atoms with Crippen LogP contribution in [0.15, 0.2) is 0 Å².